The molecule has 3 rings (SSSR count). The van der Waals surface area contributed by atoms with Gasteiger partial charge in [0, 0.05) is 18.6 Å². The van der Waals surface area contributed by atoms with Gasteiger partial charge in [0.25, 0.3) is 0 Å². The Balaban J connectivity index is 2.33. The molecule has 0 saturated carbocycles. The van der Waals surface area contributed by atoms with Gasteiger partial charge in [0.05, 0.1) is 5.56 Å². The van der Waals surface area contributed by atoms with Crippen LogP contribution in [0.1, 0.15) is 37.8 Å². The number of nitrogens with zero attached hydrogens (tertiary/aromatic N) is 3. The molecule has 82 valence electrons. The van der Waals surface area contributed by atoms with E-state index in [4.69, 9.17) is 0 Å². The summed E-state index contributed by atoms with van der Waals surface area (Å²) in [5.41, 5.74) is 1.49. The number of rotatable bonds is 0. The Labute approximate surface area is 96.6 Å². The summed E-state index contributed by atoms with van der Waals surface area (Å²) in [6, 6.07) is 1.65. The van der Waals surface area contributed by atoms with Crippen LogP contribution in [0.25, 0.3) is 0 Å². The van der Waals surface area contributed by atoms with Gasteiger partial charge in [-0.15, -0.1) is 0 Å². The van der Waals surface area contributed by atoms with Crippen LogP contribution >= 0.6 is 0 Å². The molecule has 0 aliphatic heterocycles. The molecule has 0 radical (unpaired) electrons. The lowest BCUT2D eigenvalue weighted by Crippen LogP contribution is -2.24. The Bertz CT molecular complexity index is 665. The molecule has 1 aliphatic rings. The van der Waals surface area contributed by atoms with Gasteiger partial charge in [-0.3, -0.25) is 14.6 Å². The van der Waals surface area contributed by atoms with Crippen molar-refractivity contribution in [3.8, 4) is 0 Å². The summed E-state index contributed by atoms with van der Waals surface area (Å²) in [4.78, 5) is 36.0. The molecule has 5 nitrogen and oxygen atoms in total. The molecule has 2 aromatic heterocycles. The van der Waals surface area contributed by atoms with Gasteiger partial charge in [-0.05, 0) is 18.6 Å². The Morgan fingerprint density at radius 1 is 0.882 bits per heavy atom. The number of carbonyl (C=O) groups excluding carboxylic acids is 2. The van der Waals surface area contributed by atoms with Gasteiger partial charge in [-0.25, -0.2) is 9.97 Å². The van der Waals surface area contributed by atoms with E-state index in [1.165, 1.54) is 12.4 Å². The first-order valence-corrected chi connectivity index (χ1v) is 5.05. The molecular formula is C12H7N3O2. The molecular weight excluding hydrogens is 218 g/mol. The van der Waals surface area contributed by atoms with E-state index in [2.05, 4.69) is 15.0 Å². The summed E-state index contributed by atoms with van der Waals surface area (Å²) in [5.74, 6) is -0.637. The lowest BCUT2D eigenvalue weighted by atomic mass is 9.93. The highest BCUT2D eigenvalue weighted by Crippen LogP contribution is 2.23. The molecule has 17 heavy (non-hydrogen) atoms. The number of aryl methyl sites for hydroxylation is 1. The minimum Gasteiger partial charge on any atom is -0.287 e. The van der Waals surface area contributed by atoms with Crippen molar-refractivity contribution in [1.82, 2.24) is 15.0 Å². The van der Waals surface area contributed by atoms with Crippen molar-refractivity contribution in [2.45, 2.75) is 6.92 Å². The summed E-state index contributed by atoms with van der Waals surface area (Å²) in [7, 11) is 0. The zero-order valence-corrected chi connectivity index (χ0v) is 8.97. The number of hydrogen-bond acceptors (Lipinski definition) is 5. The van der Waals surface area contributed by atoms with Gasteiger partial charge < -0.3 is 0 Å². The molecule has 2 aromatic rings. The maximum absolute atomic E-state index is 12.1. The van der Waals surface area contributed by atoms with E-state index >= 15 is 0 Å². The van der Waals surface area contributed by atoms with Crippen LogP contribution < -0.4 is 0 Å². The predicted octanol–water partition coefficient (Wildman–Crippen LogP) is 0.955. The molecule has 2 heterocycles. The molecule has 1 aliphatic carbocycles. The van der Waals surface area contributed by atoms with Crippen molar-refractivity contribution < 1.29 is 9.59 Å². The quantitative estimate of drug-likeness (QED) is 0.569. The topological polar surface area (TPSA) is 72.8 Å². The highest BCUT2D eigenvalue weighted by molar-refractivity contribution is 6.26. The van der Waals surface area contributed by atoms with E-state index in [0.717, 1.165) is 5.56 Å². The average molecular weight is 225 g/mol. The number of ketones is 2. The van der Waals surface area contributed by atoms with Crippen molar-refractivity contribution >= 4 is 11.6 Å². The zero-order valence-electron chi connectivity index (χ0n) is 8.97. The maximum Gasteiger partial charge on any atom is 0.232 e. The Hall–Kier alpha value is -2.43. The fourth-order valence-corrected chi connectivity index (χ4v) is 1.83. The van der Waals surface area contributed by atoms with Gasteiger partial charge >= 0.3 is 0 Å². The Morgan fingerprint density at radius 2 is 1.53 bits per heavy atom. The molecule has 0 bridgehead atoms. The number of carbonyl (C=O) groups is 2. The van der Waals surface area contributed by atoms with E-state index in [1.807, 2.05) is 6.92 Å². The van der Waals surface area contributed by atoms with Crippen LogP contribution in [0.5, 0.6) is 0 Å². The summed E-state index contributed by atoms with van der Waals surface area (Å²) >= 11 is 0. The SMILES string of the molecule is Cc1cnc2c(c1)C(=O)c1nccnc1C2=O. The van der Waals surface area contributed by atoms with E-state index in [-0.39, 0.29) is 28.6 Å². The zero-order chi connectivity index (χ0) is 12.0. The van der Waals surface area contributed by atoms with Crippen LogP contribution in [-0.2, 0) is 0 Å². The molecule has 0 unspecified atom stereocenters. The maximum atomic E-state index is 12.1. The van der Waals surface area contributed by atoms with Crippen LogP contribution in [0.4, 0.5) is 0 Å². The third kappa shape index (κ3) is 1.29. The van der Waals surface area contributed by atoms with Crippen LogP contribution in [0, 0.1) is 6.92 Å². The van der Waals surface area contributed by atoms with Gasteiger partial charge in [0.2, 0.25) is 11.6 Å². The molecule has 0 atom stereocenters. The highest BCUT2D eigenvalue weighted by Gasteiger charge is 2.32. The van der Waals surface area contributed by atoms with Crippen molar-refractivity contribution in [2.75, 3.05) is 0 Å². The summed E-state index contributed by atoms with van der Waals surface area (Å²) in [5, 5.41) is 0. The third-order valence-electron chi connectivity index (χ3n) is 2.61. The standard InChI is InChI=1S/C12H7N3O2/c1-6-4-7-8(15-5-6)12(17)10-9(11(7)16)13-2-3-14-10/h2-5H,1H3. The van der Waals surface area contributed by atoms with E-state index < -0.39 is 0 Å². The fraction of sp³-hybridized carbons (Fsp3) is 0.0833. The monoisotopic (exact) mass is 225 g/mol. The normalized spacial score (nSPS) is 13.2. The van der Waals surface area contributed by atoms with Crippen LogP contribution in [0.15, 0.2) is 24.7 Å². The van der Waals surface area contributed by atoms with Crippen molar-refractivity contribution in [1.29, 1.82) is 0 Å². The van der Waals surface area contributed by atoms with Crippen LogP contribution in [-0.4, -0.2) is 26.5 Å². The molecule has 0 aromatic carbocycles. The highest BCUT2D eigenvalue weighted by atomic mass is 16.1. The van der Waals surface area contributed by atoms with Gasteiger partial charge in [0.1, 0.15) is 17.1 Å². The first-order valence-electron chi connectivity index (χ1n) is 5.05. The first kappa shape index (κ1) is 9.77. The van der Waals surface area contributed by atoms with Crippen molar-refractivity contribution in [3.05, 3.63) is 52.9 Å². The minimum absolute atomic E-state index is 0.0846. The minimum atomic E-state index is -0.345. The largest absolute Gasteiger partial charge is 0.287 e. The van der Waals surface area contributed by atoms with E-state index in [9.17, 15) is 9.59 Å². The molecule has 0 N–H and O–H groups in total. The second-order valence-corrected chi connectivity index (χ2v) is 3.82. The molecule has 0 spiro atoms. The summed E-state index contributed by atoms with van der Waals surface area (Å²) in [6.07, 6.45) is 4.35. The summed E-state index contributed by atoms with van der Waals surface area (Å²) < 4.78 is 0. The van der Waals surface area contributed by atoms with Crippen molar-refractivity contribution in [3.63, 3.8) is 0 Å². The molecule has 0 saturated heterocycles. The lowest BCUT2D eigenvalue weighted by molar-refractivity contribution is 0.0967. The van der Waals surface area contributed by atoms with Crippen LogP contribution in [0.2, 0.25) is 0 Å². The molecule has 5 heteroatoms. The Morgan fingerprint density at radius 3 is 2.24 bits per heavy atom. The Kier molecular flexibility index (Phi) is 1.89. The number of hydrogen-bond donors (Lipinski definition) is 0. The second kappa shape index (κ2) is 3.28. The van der Waals surface area contributed by atoms with Gasteiger partial charge in [-0.2, -0.15) is 0 Å². The summed E-state index contributed by atoms with van der Waals surface area (Å²) in [6.45, 7) is 1.82. The van der Waals surface area contributed by atoms with E-state index in [0.29, 0.717) is 5.56 Å². The van der Waals surface area contributed by atoms with Crippen molar-refractivity contribution in [2.24, 2.45) is 0 Å². The first-order chi connectivity index (χ1) is 8.18. The molecule has 0 amide bonds. The van der Waals surface area contributed by atoms with Gasteiger partial charge in [0.15, 0.2) is 0 Å². The average Bonchev–Trinajstić information content (AvgIpc) is 2.36. The number of fused-ring (bicyclic) bond motifs is 2. The fourth-order valence-electron chi connectivity index (χ4n) is 1.83. The van der Waals surface area contributed by atoms with Crippen LogP contribution in [0.3, 0.4) is 0 Å². The number of aromatic nitrogens is 3. The smallest absolute Gasteiger partial charge is 0.232 e. The number of pyridine rings is 1. The molecule has 0 fully saturated rings. The van der Waals surface area contributed by atoms with Gasteiger partial charge in [-0.1, -0.05) is 0 Å². The third-order valence-corrected chi connectivity index (χ3v) is 2.61. The second-order valence-electron chi connectivity index (χ2n) is 3.82. The lowest BCUT2D eigenvalue weighted by Gasteiger charge is -2.14. The van der Waals surface area contributed by atoms with E-state index in [1.54, 1.807) is 12.3 Å². The predicted molar refractivity (Wildman–Crippen MR) is 57.9 cm³/mol.